The number of carbonyl (C=O) groups is 2. The second kappa shape index (κ2) is 7.15. The third-order valence-corrected chi connectivity index (χ3v) is 8.71. The van der Waals surface area contributed by atoms with Crippen LogP contribution < -0.4 is 0 Å². The molecule has 4 heterocycles. The van der Waals surface area contributed by atoms with Gasteiger partial charge in [-0.25, -0.2) is 17.7 Å². The molecule has 5 rings (SSSR count). The Morgan fingerprint density at radius 1 is 1.07 bits per heavy atom. The zero-order valence-corrected chi connectivity index (χ0v) is 17.9. The number of thiophene rings is 2. The molecule has 30 heavy (non-hydrogen) atoms. The lowest BCUT2D eigenvalue weighted by molar-refractivity contribution is -0.132. The van der Waals surface area contributed by atoms with Crippen molar-refractivity contribution in [2.75, 3.05) is 6.54 Å². The lowest BCUT2D eigenvalue weighted by Gasteiger charge is -2.23. The molecule has 0 unspecified atom stereocenters. The number of sulfonamides is 1. The van der Waals surface area contributed by atoms with Crippen LogP contribution in [0.25, 0.3) is 0 Å². The highest BCUT2D eigenvalue weighted by Crippen LogP contribution is 2.37. The van der Waals surface area contributed by atoms with Gasteiger partial charge in [-0.1, -0.05) is 24.3 Å². The fraction of sp³-hybridized carbons (Fsp3) is 0.150. The van der Waals surface area contributed by atoms with E-state index < -0.39 is 28.4 Å². The summed E-state index contributed by atoms with van der Waals surface area (Å²) in [5, 5.41) is 9.71. The predicted octanol–water partition coefficient (Wildman–Crippen LogP) is 3.33. The number of amides is 2. The average molecular weight is 458 g/mol. The van der Waals surface area contributed by atoms with Gasteiger partial charge in [0, 0.05) is 11.3 Å². The number of rotatable bonds is 4. The summed E-state index contributed by atoms with van der Waals surface area (Å²) in [6, 6.07) is 13.3. The van der Waals surface area contributed by atoms with Crippen molar-refractivity contribution in [2.24, 2.45) is 5.10 Å². The van der Waals surface area contributed by atoms with Gasteiger partial charge in [-0.2, -0.15) is 5.10 Å². The molecule has 0 saturated heterocycles. The summed E-state index contributed by atoms with van der Waals surface area (Å²) in [6.07, 6.45) is 0.535. The molecule has 7 nitrogen and oxygen atoms in total. The number of hydrogen-bond donors (Lipinski definition) is 0. The molecule has 0 bridgehead atoms. The largest absolute Gasteiger partial charge is 0.271 e. The van der Waals surface area contributed by atoms with Crippen LogP contribution in [0.4, 0.5) is 0 Å². The summed E-state index contributed by atoms with van der Waals surface area (Å²) < 4.78 is 26.3. The van der Waals surface area contributed by atoms with E-state index >= 15 is 0 Å². The molecule has 2 aliphatic heterocycles. The first-order valence-corrected chi connectivity index (χ1v) is 12.3. The van der Waals surface area contributed by atoms with E-state index in [-0.39, 0.29) is 16.5 Å². The van der Waals surface area contributed by atoms with Crippen molar-refractivity contribution < 1.29 is 18.0 Å². The molecular weight excluding hydrogens is 442 g/mol. The van der Waals surface area contributed by atoms with Crippen molar-refractivity contribution in [1.29, 1.82) is 0 Å². The molecule has 2 aromatic heterocycles. The van der Waals surface area contributed by atoms with Gasteiger partial charge in [0.1, 0.15) is 11.4 Å². The van der Waals surface area contributed by atoms with Gasteiger partial charge in [0.2, 0.25) is 0 Å². The van der Waals surface area contributed by atoms with Crippen LogP contribution >= 0.6 is 22.7 Å². The van der Waals surface area contributed by atoms with E-state index in [1.165, 1.54) is 39.8 Å². The molecule has 3 aromatic rings. The summed E-state index contributed by atoms with van der Waals surface area (Å²) in [5.74, 6) is -1.22. The Morgan fingerprint density at radius 2 is 1.83 bits per heavy atom. The van der Waals surface area contributed by atoms with Crippen molar-refractivity contribution in [3.63, 3.8) is 0 Å². The molecule has 0 aliphatic carbocycles. The molecule has 2 aliphatic rings. The van der Waals surface area contributed by atoms with Crippen LogP contribution in [0, 0.1) is 0 Å². The minimum absolute atomic E-state index is 0.0678. The highest BCUT2D eigenvalue weighted by molar-refractivity contribution is 7.90. The van der Waals surface area contributed by atoms with Crippen LogP contribution in [-0.4, -0.2) is 41.8 Å². The monoisotopic (exact) mass is 457 g/mol. The summed E-state index contributed by atoms with van der Waals surface area (Å²) in [6.45, 7) is -0.584. The first-order chi connectivity index (χ1) is 14.5. The third-order valence-electron chi connectivity index (χ3n) is 5.03. The Labute approximate surface area is 180 Å². The highest BCUT2D eigenvalue weighted by atomic mass is 32.2. The van der Waals surface area contributed by atoms with E-state index in [9.17, 15) is 18.0 Å². The smallest absolute Gasteiger partial charge is 0.269 e. The van der Waals surface area contributed by atoms with Gasteiger partial charge >= 0.3 is 0 Å². The van der Waals surface area contributed by atoms with Crippen molar-refractivity contribution in [3.05, 3.63) is 74.6 Å². The molecule has 1 aromatic carbocycles. The SMILES string of the molecule is O=C(CN1C(=O)c2ccccc2S1(=O)=O)N1N=C(c2cccs2)C[C@@H]1c1cccs1. The Kier molecular flexibility index (Phi) is 4.57. The van der Waals surface area contributed by atoms with Crippen LogP contribution in [0.1, 0.15) is 32.6 Å². The zero-order valence-electron chi connectivity index (χ0n) is 15.5. The van der Waals surface area contributed by atoms with Crippen molar-refractivity contribution in [2.45, 2.75) is 17.4 Å². The van der Waals surface area contributed by atoms with Gasteiger partial charge in [-0.05, 0) is 35.0 Å². The number of hydrogen-bond acceptors (Lipinski definition) is 7. The fourth-order valence-corrected chi connectivity index (χ4v) is 6.67. The number of nitrogens with zero attached hydrogens (tertiary/aromatic N) is 3. The van der Waals surface area contributed by atoms with Gasteiger partial charge in [-0.15, -0.1) is 22.7 Å². The minimum Gasteiger partial charge on any atom is -0.271 e. The second-order valence-corrected chi connectivity index (χ2v) is 10.6. The van der Waals surface area contributed by atoms with Crippen LogP contribution in [0.3, 0.4) is 0 Å². The van der Waals surface area contributed by atoms with Gasteiger partial charge in [-0.3, -0.25) is 9.59 Å². The predicted molar refractivity (Wildman–Crippen MR) is 114 cm³/mol. The van der Waals surface area contributed by atoms with Crippen LogP contribution in [0.5, 0.6) is 0 Å². The van der Waals surface area contributed by atoms with Crippen LogP contribution in [-0.2, 0) is 14.8 Å². The second-order valence-electron chi connectivity index (χ2n) is 6.81. The number of fused-ring (bicyclic) bond motifs is 1. The molecule has 1 atom stereocenters. The molecule has 0 fully saturated rings. The summed E-state index contributed by atoms with van der Waals surface area (Å²) in [4.78, 5) is 27.7. The van der Waals surface area contributed by atoms with Crippen molar-refractivity contribution >= 4 is 50.2 Å². The lowest BCUT2D eigenvalue weighted by Crippen LogP contribution is -2.40. The van der Waals surface area contributed by atoms with E-state index in [1.54, 1.807) is 12.1 Å². The first kappa shape index (κ1) is 19.2. The molecule has 2 amide bonds. The van der Waals surface area contributed by atoms with Crippen LogP contribution in [0.15, 0.2) is 69.3 Å². The first-order valence-electron chi connectivity index (χ1n) is 9.10. The standard InChI is InChI=1S/C20H15N3O4S3/c24-19(12-22-20(25)13-5-1-2-8-18(13)30(22,26)27)23-15(17-7-4-10-29-17)11-14(21-23)16-6-3-9-28-16/h1-10,15H,11-12H2/t15-/m1/s1. The third kappa shape index (κ3) is 2.99. The van der Waals surface area contributed by atoms with Crippen molar-refractivity contribution in [1.82, 2.24) is 9.31 Å². The summed E-state index contributed by atoms with van der Waals surface area (Å²) in [7, 11) is -4.06. The number of benzene rings is 1. The summed E-state index contributed by atoms with van der Waals surface area (Å²) >= 11 is 3.04. The summed E-state index contributed by atoms with van der Waals surface area (Å²) in [5.41, 5.74) is 0.861. The quantitative estimate of drug-likeness (QED) is 0.601. The van der Waals surface area contributed by atoms with Gasteiger partial charge in [0.05, 0.1) is 22.2 Å². The van der Waals surface area contributed by atoms with E-state index in [1.807, 2.05) is 35.0 Å². The maximum atomic E-state index is 13.2. The minimum atomic E-state index is -4.06. The molecule has 0 radical (unpaired) electrons. The van der Waals surface area contributed by atoms with E-state index in [4.69, 9.17) is 0 Å². The molecule has 152 valence electrons. The van der Waals surface area contributed by atoms with Gasteiger partial charge in [0.25, 0.3) is 21.8 Å². The topological polar surface area (TPSA) is 87.1 Å². The lowest BCUT2D eigenvalue weighted by atomic mass is 10.1. The molecule has 0 saturated carbocycles. The molecule has 0 N–H and O–H groups in total. The highest BCUT2D eigenvalue weighted by Gasteiger charge is 2.44. The fourth-order valence-electron chi connectivity index (χ4n) is 3.62. The zero-order chi connectivity index (χ0) is 20.9. The average Bonchev–Trinajstić information content (AvgIpc) is 3.52. The molecule has 0 spiro atoms. The van der Waals surface area contributed by atoms with Gasteiger partial charge < -0.3 is 0 Å². The Hall–Kier alpha value is -2.82. The Bertz CT molecular complexity index is 1260. The molecule has 10 heteroatoms. The number of hydrazone groups is 1. The van der Waals surface area contributed by atoms with E-state index in [0.717, 1.165) is 15.5 Å². The maximum Gasteiger partial charge on any atom is 0.269 e. The maximum absolute atomic E-state index is 13.2. The normalized spacial score (nSPS) is 19.8. The molecular formula is C20H15N3O4S3. The van der Waals surface area contributed by atoms with E-state index in [0.29, 0.717) is 10.7 Å². The van der Waals surface area contributed by atoms with E-state index in [2.05, 4.69) is 5.10 Å². The number of carbonyl (C=O) groups excluding carboxylic acids is 2. The van der Waals surface area contributed by atoms with Crippen LogP contribution in [0.2, 0.25) is 0 Å². The Balaban J connectivity index is 1.46. The van der Waals surface area contributed by atoms with Gasteiger partial charge in [0.15, 0.2) is 0 Å². The Morgan fingerprint density at radius 3 is 2.53 bits per heavy atom. The van der Waals surface area contributed by atoms with Crippen molar-refractivity contribution in [3.8, 4) is 0 Å².